The maximum atomic E-state index is 2.50. The van der Waals surface area contributed by atoms with E-state index in [9.17, 15) is 0 Å². The van der Waals surface area contributed by atoms with Crippen LogP contribution in [0.4, 0.5) is 0 Å². The van der Waals surface area contributed by atoms with Crippen LogP contribution in [-0.2, 0) is 0 Å². The van der Waals surface area contributed by atoms with Crippen molar-refractivity contribution >= 4 is 7.26 Å². The molecule has 0 spiro atoms. The van der Waals surface area contributed by atoms with Crippen molar-refractivity contribution in [2.24, 2.45) is 0 Å². The monoisotopic (exact) mass is 344 g/mol. The summed E-state index contributed by atoms with van der Waals surface area (Å²) in [5.41, 5.74) is 0. The average molecular weight is 345 g/mol. The van der Waals surface area contributed by atoms with Gasteiger partial charge in [0.25, 0.3) is 0 Å². The minimum absolute atomic E-state index is 0.766. The molecule has 0 aromatic heterocycles. The summed E-state index contributed by atoms with van der Waals surface area (Å²) in [5.74, 6) is 0. The van der Waals surface area contributed by atoms with Gasteiger partial charge >= 0.3 is 104 Å². The molecule has 0 aromatic carbocycles. The van der Waals surface area contributed by atoms with E-state index in [4.69, 9.17) is 0 Å². The molecular formula is C22H49P. The van der Waals surface area contributed by atoms with E-state index in [1.54, 1.807) is 0 Å². The van der Waals surface area contributed by atoms with Crippen LogP contribution >= 0.6 is 7.26 Å². The van der Waals surface area contributed by atoms with Crippen molar-refractivity contribution in [1.29, 1.82) is 0 Å². The predicted octanol–water partition coefficient (Wildman–Crippen LogP) is 8.28. The normalized spacial score (nSPS) is 12.7. The topological polar surface area (TPSA) is 0 Å². The van der Waals surface area contributed by atoms with E-state index in [0.29, 0.717) is 0 Å². The van der Waals surface area contributed by atoms with Crippen molar-refractivity contribution in [3.05, 3.63) is 0 Å². The van der Waals surface area contributed by atoms with Crippen LogP contribution in [0.15, 0.2) is 0 Å². The van der Waals surface area contributed by atoms with Gasteiger partial charge in [-0.25, -0.2) is 0 Å². The quantitative estimate of drug-likeness (QED) is 0.173. The fourth-order valence-electron chi connectivity index (χ4n) is 3.38. The van der Waals surface area contributed by atoms with Gasteiger partial charge in [0, 0.05) is 0 Å². The third-order valence-electron chi connectivity index (χ3n) is 5.03. The van der Waals surface area contributed by atoms with E-state index < -0.39 is 7.26 Å². The van der Waals surface area contributed by atoms with Gasteiger partial charge in [-0.05, 0) is 0 Å². The van der Waals surface area contributed by atoms with Crippen LogP contribution in [0, 0.1) is 0 Å². The summed E-state index contributed by atoms with van der Waals surface area (Å²) in [6.07, 6.45) is 26.7. The number of unbranched alkanes of at least 4 members (excludes halogenated alkanes) is 16. The standard InChI is InChI=1S/C22H49P/c1-5-6-7-8-9-10-11-12-13-14-15-16-17-18-19-20-21-22-23(2,3)4/h23H,5-22H2,1-4H3. The van der Waals surface area contributed by atoms with Gasteiger partial charge in [-0.1, -0.05) is 45.4 Å². The Morgan fingerprint density at radius 3 is 0.913 bits per heavy atom. The van der Waals surface area contributed by atoms with Crippen molar-refractivity contribution in [2.75, 3.05) is 26.2 Å². The molecule has 1 heteroatoms. The van der Waals surface area contributed by atoms with E-state index in [1.807, 2.05) is 0 Å². The summed E-state index contributed by atoms with van der Waals surface area (Å²) in [6.45, 7) is 9.80. The Labute approximate surface area is 149 Å². The minimum atomic E-state index is -0.766. The fourth-order valence-corrected chi connectivity index (χ4v) is 4.69. The molecule has 0 aromatic rings. The average Bonchev–Trinajstić information content (AvgIpc) is 2.49. The molecule has 0 amide bonds. The van der Waals surface area contributed by atoms with Crippen molar-refractivity contribution < 1.29 is 0 Å². The molecule has 0 aliphatic carbocycles. The van der Waals surface area contributed by atoms with Crippen molar-refractivity contribution in [1.82, 2.24) is 0 Å². The first-order valence-corrected chi connectivity index (χ1v) is 14.8. The van der Waals surface area contributed by atoms with Gasteiger partial charge in [-0.15, -0.1) is 0 Å². The van der Waals surface area contributed by atoms with Gasteiger partial charge in [-0.3, -0.25) is 0 Å². The molecule has 0 aliphatic heterocycles. The zero-order chi connectivity index (χ0) is 17.2. The van der Waals surface area contributed by atoms with Gasteiger partial charge in [0.1, 0.15) is 0 Å². The van der Waals surface area contributed by atoms with Crippen molar-refractivity contribution in [3.63, 3.8) is 0 Å². The molecule has 0 saturated carbocycles. The number of hydrogen-bond acceptors (Lipinski definition) is 0. The van der Waals surface area contributed by atoms with E-state index in [2.05, 4.69) is 26.9 Å². The maximum absolute atomic E-state index is 2.50. The third kappa shape index (κ3) is 22.4. The Kier molecular flexibility index (Phi) is 17.6. The molecule has 0 saturated heterocycles. The zero-order valence-electron chi connectivity index (χ0n) is 17.2. The first-order valence-electron chi connectivity index (χ1n) is 11.1. The summed E-state index contributed by atoms with van der Waals surface area (Å²) >= 11 is 0. The summed E-state index contributed by atoms with van der Waals surface area (Å²) in [5, 5.41) is 0. The SMILES string of the molecule is CCCCCCCCCCCCCCCCCCC[PH](C)(C)C. The summed E-state index contributed by atoms with van der Waals surface area (Å²) in [6, 6.07) is 0. The summed E-state index contributed by atoms with van der Waals surface area (Å²) < 4.78 is 0. The number of rotatable bonds is 18. The number of hydrogen-bond donors (Lipinski definition) is 0. The molecule has 0 bridgehead atoms. The van der Waals surface area contributed by atoms with Crippen LogP contribution in [0.3, 0.4) is 0 Å². The van der Waals surface area contributed by atoms with Crippen LogP contribution in [0.1, 0.15) is 116 Å². The molecular weight excluding hydrogens is 295 g/mol. The second-order valence-electron chi connectivity index (χ2n) is 8.97. The molecule has 0 atom stereocenters. The Hall–Kier alpha value is 0.430. The molecule has 0 aliphatic rings. The first kappa shape index (κ1) is 23.4. The Morgan fingerprint density at radius 2 is 0.652 bits per heavy atom. The predicted molar refractivity (Wildman–Crippen MR) is 115 cm³/mol. The van der Waals surface area contributed by atoms with Gasteiger partial charge < -0.3 is 0 Å². The molecule has 23 heavy (non-hydrogen) atoms. The van der Waals surface area contributed by atoms with Gasteiger partial charge in [0.15, 0.2) is 0 Å². The molecule has 0 radical (unpaired) electrons. The van der Waals surface area contributed by atoms with E-state index in [1.165, 1.54) is 115 Å². The van der Waals surface area contributed by atoms with Crippen LogP contribution < -0.4 is 0 Å². The van der Waals surface area contributed by atoms with E-state index in [0.717, 1.165) is 0 Å². The van der Waals surface area contributed by atoms with Gasteiger partial charge in [0.05, 0.1) is 0 Å². The molecule has 0 heterocycles. The summed E-state index contributed by atoms with van der Waals surface area (Å²) in [4.78, 5) is 0. The van der Waals surface area contributed by atoms with Gasteiger partial charge in [-0.2, -0.15) is 0 Å². The summed E-state index contributed by atoms with van der Waals surface area (Å²) in [7, 11) is -0.766. The molecule has 0 unspecified atom stereocenters. The van der Waals surface area contributed by atoms with Crippen LogP contribution in [0.2, 0.25) is 0 Å². The molecule has 0 fully saturated rings. The van der Waals surface area contributed by atoms with Crippen LogP contribution in [0.25, 0.3) is 0 Å². The second-order valence-corrected chi connectivity index (χ2v) is 14.6. The zero-order valence-corrected chi connectivity index (χ0v) is 18.2. The Bertz CT molecular complexity index is 217. The Balaban J connectivity index is 3.00. The second kappa shape index (κ2) is 17.3. The molecule has 142 valence electrons. The van der Waals surface area contributed by atoms with Crippen molar-refractivity contribution in [3.8, 4) is 0 Å². The Morgan fingerprint density at radius 1 is 0.391 bits per heavy atom. The first-order chi connectivity index (χ1) is 11.1. The van der Waals surface area contributed by atoms with Crippen LogP contribution in [-0.4, -0.2) is 26.2 Å². The van der Waals surface area contributed by atoms with E-state index in [-0.39, 0.29) is 0 Å². The van der Waals surface area contributed by atoms with E-state index >= 15 is 0 Å². The third-order valence-corrected chi connectivity index (χ3v) is 6.88. The van der Waals surface area contributed by atoms with Gasteiger partial charge in [0.2, 0.25) is 0 Å². The molecule has 0 rings (SSSR count). The fraction of sp³-hybridized carbons (Fsp3) is 1.00. The van der Waals surface area contributed by atoms with Crippen molar-refractivity contribution in [2.45, 2.75) is 116 Å². The molecule has 0 nitrogen and oxygen atoms in total. The van der Waals surface area contributed by atoms with Crippen LogP contribution in [0.5, 0.6) is 0 Å². The molecule has 0 N–H and O–H groups in total.